The predicted octanol–water partition coefficient (Wildman–Crippen LogP) is 1.58. The van der Waals surface area contributed by atoms with E-state index in [0.29, 0.717) is 18.1 Å². The van der Waals surface area contributed by atoms with Gasteiger partial charge in [0.15, 0.2) is 5.82 Å². The van der Waals surface area contributed by atoms with E-state index in [4.69, 9.17) is 4.98 Å². The minimum atomic E-state index is -0.158. The number of aromatic nitrogens is 2. The first kappa shape index (κ1) is 20.2. The van der Waals surface area contributed by atoms with E-state index in [1.165, 1.54) is 0 Å². The van der Waals surface area contributed by atoms with Gasteiger partial charge in [-0.3, -0.25) is 4.79 Å². The summed E-state index contributed by atoms with van der Waals surface area (Å²) in [6, 6.07) is 11.7. The molecule has 2 aromatic rings. The van der Waals surface area contributed by atoms with Gasteiger partial charge in [0.2, 0.25) is 0 Å². The third-order valence-corrected chi connectivity index (χ3v) is 4.97. The number of hydrogen-bond acceptors (Lipinski definition) is 6. The first-order chi connectivity index (χ1) is 13.6. The van der Waals surface area contributed by atoms with Crippen LogP contribution in [0.25, 0.3) is 11.4 Å². The van der Waals surface area contributed by atoms with Gasteiger partial charge in [-0.1, -0.05) is 37.3 Å². The Morgan fingerprint density at radius 3 is 2.46 bits per heavy atom. The van der Waals surface area contributed by atoms with Crippen molar-refractivity contribution in [2.24, 2.45) is 0 Å². The van der Waals surface area contributed by atoms with Crippen molar-refractivity contribution in [3.8, 4) is 11.4 Å². The average Bonchev–Trinajstić information content (AvgIpc) is 2.73. The first-order valence-corrected chi connectivity index (χ1v) is 9.91. The van der Waals surface area contributed by atoms with Gasteiger partial charge in [0.1, 0.15) is 11.5 Å². The molecule has 0 radical (unpaired) electrons. The molecular weight excluding hydrogens is 352 g/mol. The minimum absolute atomic E-state index is 0.158. The molecule has 7 nitrogen and oxygen atoms in total. The van der Waals surface area contributed by atoms with Gasteiger partial charge in [0, 0.05) is 50.9 Å². The minimum Gasteiger partial charge on any atom is -0.354 e. The molecule has 28 heavy (non-hydrogen) atoms. The van der Waals surface area contributed by atoms with Crippen molar-refractivity contribution in [3.05, 3.63) is 42.1 Å². The molecule has 1 aliphatic rings. The van der Waals surface area contributed by atoms with Gasteiger partial charge in [0.25, 0.3) is 5.91 Å². The summed E-state index contributed by atoms with van der Waals surface area (Å²) >= 11 is 0. The van der Waals surface area contributed by atoms with Gasteiger partial charge in [-0.05, 0) is 20.6 Å². The third-order valence-electron chi connectivity index (χ3n) is 4.97. The van der Waals surface area contributed by atoms with Crippen molar-refractivity contribution in [3.63, 3.8) is 0 Å². The van der Waals surface area contributed by atoms with Gasteiger partial charge in [0.05, 0.1) is 0 Å². The number of carbonyl (C=O) groups excluding carboxylic acids is 1. The van der Waals surface area contributed by atoms with E-state index < -0.39 is 0 Å². The summed E-state index contributed by atoms with van der Waals surface area (Å²) in [4.78, 5) is 28.7. The second-order valence-corrected chi connectivity index (χ2v) is 7.28. The zero-order valence-corrected chi connectivity index (χ0v) is 17.1. The van der Waals surface area contributed by atoms with Crippen LogP contribution in [0.15, 0.2) is 36.4 Å². The number of piperazine rings is 1. The van der Waals surface area contributed by atoms with Crippen molar-refractivity contribution in [1.29, 1.82) is 0 Å². The highest BCUT2D eigenvalue weighted by Crippen LogP contribution is 2.21. The molecule has 2 heterocycles. The van der Waals surface area contributed by atoms with Gasteiger partial charge in [-0.25, -0.2) is 9.97 Å². The number of nitrogens with one attached hydrogen (secondary N) is 1. The molecule has 1 aliphatic heterocycles. The van der Waals surface area contributed by atoms with Crippen LogP contribution in [0.2, 0.25) is 0 Å². The Morgan fingerprint density at radius 2 is 1.82 bits per heavy atom. The number of rotatable bonds is 7. The lowest BCUT2D eigenvalue weighted by atomic mass is 10.2. The molecule has 0 bridgehead atoms. The topological polar surface area (TPSA) is 64.6 Å². The monoisotopic (exact) mass is 382 g/mol. The largest absolute Gasteiger partial charge is 0.354 e. The Hall–Kier alpha value is -2.51. The van der Waals surface area contributed by atoms with Crippen LogP contribution in [0.1, 0.15) is 17.4 Å². The normalized spacial score (nSPS) is 15.1. The first-order valence-electron chi connectivity index (χ1n) is 9.91. The second-order valence-electron chi connectivity index (χ2n) is 7.28. The van der Waals surface area contributed by atoms with Crippen molar-refractivity contribution < 1.29 is 4.79 Å². The zero-order valence-electron chi connectivity index (χ0n) is 17.1. The van der Waals surface area contributed by atoms with Crippen molar-refractivity contribution in [2.75, 3.05) is 64.8 Å². The van der Waals surface area contributed by atoms with Crippen LogP contribution >= 0.6 is 0 Å². The fraction of sp³-hybridized carbons (Fsp3) is 0.476. The van der Waals surface area contributed by atoms with Crippen LogP contribution in [0.5, 0.6) is 0 Å². The molecule has 0 atom stereocenters. The third kappa shape index (κ3) is 5.27. The van der Waals surface area contributed by atoms with Crippen LogP contribution in [0.3, 0.4) is 0 Å². The second kappa shape index (κ2) is 9.61. The van der Waals surface area contributed by atoms with Crippen molar-refractivity contribution in [2.45, 2.75) is 6.92 Å². The lowest BCUT2D eigenvalue weighted by molar-refractivity contribution is 0.0946. The van der Waals surface area contributed by atoms with Gasteiger partial charge < -0.3 is 20.0 Å². The molecule has 1 aromatic carbocycles. The number of likely N-dealkylation sites (N-methyl/N-ethyl adjacent to an activating group) is 2. The van der Waals surface area contributed by atoms with Crippen molar-refractivity contribution >= 4 is 11.7 Å². The Labute approximate surface area is 167 Å². The molecule has 0 saturated carbocycles. The number of nitrogens with zero attached hydrogens (tertiary/aromatic N) is 5. The van der Waals surface area contributed by atoms with Gasteiger partial charge in [-0.15, -0.1) is 0 Å². The van der Waals surface area contributed by atoms with E-state index in [2.05, 4.69) is 27.0 Å². The molecule has 0 aliphatic carbocycles. The van der Waals surface area contributed by atoms with E-state index in [0.717, 1.165) is 50.6 Å². The molecule has 0 spiro atoms. The number of carbonyl (C=O) groups is 1. The van der Waals surface area contributed by atoms with Crippen LogP contribution in [0.4, 0.5) is 5.82 Å². The lowest BCUT2D eigenvalue weighted by Gasteiger charge is -2.35. The maximum Gasteiger partial charge on any atom is 0.270 e. The molecular formula is C21H30N6O. The summed E-state index contributed by atoms with van der Waals surface area (Å²) in [5, 5.41) is 2.96. The molecule has 1 fully saturated rings. The van der Waals surface area contributed by atoms with E-state index in [1.54, 1.807) is 0 Å². The molecule has 150 valence electrons. The van der Waals surface area contributed by atoms with Crippen LogP contribution in [-0.2, 0) is 0 Å². The Balaban J connectivity index is 1.85. The molecule has 1 aromatic heterocycles. The summed E-state index contributed by atoms with van der Waals surface area (Å²) in [7, 11) is 3.97. The highest BCUT2D eigenvalue weighted by atomic mass is 16.1. The molecule has 1 amide bonds. The molecule has 1 saturated heterocycles. The van der Waals surface area contributed by atoms with Crippen LogP contribution in [0, 0.1) is 0 Å². The molecule has 7 heteroatoms. The van der Waals surface area contributed by atoms with E-state index in [1.807, 2.05) is 55.4 Å². The summed E-state index contributed by atoms with van der Waals surface area (Å²) in [6.45, 7) is 8.43. The van der Waals surface area contributed by atoms with Gasteiger partial charge in [-0.2, -0.15) is 0 Å². The average molecular weight is 383 g/mol. The van der Waals surface area contributed by atoms with Crippen LogP contribution in [-0.4, -0.2) is 85.6 Å². The number of anilines is 1. The quantitative estimate of drug-likeness (QED) is 0.784. The highest BCUT2D eigenvalue weighted by molar-refractivity contribution is 5.93. The Morgan fingerprint density at radius 1 is 1.11 bits per heavy atom. The van der Waals surface area contributed by atoms with Gasteiger partial charge >= 0.3 is 0 Å². The van der Waals surface area contributed by atoms with E-state index in [-0.39, 0.29) is 5.91 Å². The Kier molecular flexibility index (Phi) is 6.95. The number of amides is 1. The predicted molar refractivity (Wildman–Crippen MR) is 113 cm³/mol. The zero-order chi connectivity index (χ0) is 19.9. The highest BCUT2D eigenvalue weighted by Gasteiger charge is 2.20. The smallest absolute Gasteiger partial charge is 0.270 e. The molecule has 0 unspecified atom stereocenters. The fourth-order valence-electron chi connectivity index (χ4n) is 3.21. The van der Waals surface area contributed by atoms with E-state index >= 15 is 0 Å². The summed E-state index contributed by atoms with van der Waals surface area (Å²) in [5.74, 6) is 1.26. The lowest BCUT2D eigenvalue weighted by Crippen LogP contribution is -2.46. The summed E-state index contributed by atoms with van der Waals surface area (Å²) in [5.41, 5.74) is 1.33. The molecule has 1 N–H and O–H groups in total. The Bertz CT molecular complexity index is 772. The van der Waals surface area contributed by atoms with Crippen LogP contribution < -0.4 is 10.2 Å². The summed E-state index contributed by atoms with van der Waals surface area (Å²) < 4.78 is 0. The van der Waals surface area contributed by atoms with E-state index in [9.17, 15) is 4.79 Å². The van der Waals surface area contributed by atoms with Crippen molar-refractivity contribution in [1.82, 2.24) is 25.1 Å². The fourth-order valence-corrected chi connectivity index (χ4v) is 3.21. The number of benzene rings is 1. The maximum absolute atomic E-state index is 12.7. The SMILES string of the molecule is CCN1CCN(c2cc(C(=O)NCCN(C)C)nc(-c3ccccc3)n2)CC1. The molecule has 3 rings (SSSR count). The summed E-state index contributed by atoms with van der Waals surface area (Å²) in [6.07, 6.45) is 0. The maximum atomic E-state index is 12.7. The standard InChI is InChI=1S/C21H30N6O/c1-4-26-12-14-27(15-13-26)19-16-18(21(28)22-10-11-25(2)3)23-20(24-19)17-8-6-5-7-9-17/h5-9,16H,4,10-15H2,1-3H3,(H,22,28). The number of hydrogen-bond donors (Lipinski definition) is 1.